The van der Waals surface area contributed by atoms with Crippen LogP contribution in [-0.4, -0.2) is 61.6 Å². The minimum atomic E-state index is -2.26. The predicted molar refractivity (Wildman–Crippen MR) is 195 cm³/mol. The average molecular weight is 696 g/mol. The Morgan fingerprint density at radius 3 is 2.27 bits per heavy atom. The predicted octanol–water partition coefficient (Wildman–Crippen LogP) is 8.29. The Balaban J connectivity index is 1.69. The van der Waals surface area contributed by atoms with Crippen LogP contribution in [0.1, 0.15) is 79.0 Å². The quantitative estimate of drug-likeness (QED) is 0.0804. The number of hydrogen-bond donors (Lipinski definition) is 1. The van der Waals surface area contributed by atoms with Crippen molar-refractivity contribution >= 4 is 20.4 Å². The van der Waals surface area contributed by atoms with E-state index in [0.29, 0.717) is 45.1 Å². The minimum Gasteiger partial charge on any atom is -0.490 e. The molecule has 1 amide bonds. The van der Waals surface area contributed by atoms with E-state index in [-0.39, 0.29) is 17.6 Å². The number of benzene rings is 2. The standard InChI is InChI=1S/C38H57N3O7Si/c1-10-11-24-45-35(42)34(48-49(8,9)38(5,6)7)28-46-32-20-18-30(19-21-32)33-25-31(27-44-26-29-16-13-12-14-17-29)41(40-33)23-15-22-39-36(43)47-37(2,3)4/h12-14,16-21,25,34H,10-11,15,22-24,26-28H2,1-9H3,(H,39,43). The van der Waals surface area contributed by atoms with Crippen LogP contribution in [-0.2, 0) is 43.2 Å². The molecule has 0 bridgehead atoms. The van der Waals surface area contributed by atoms with Gasteiger partial charge in [0.05, 0.1) is 31.2 Å². The molecule has 0 fully saturated rings. The third-order valence-electron chi connectivity index (χ3n) is 8.24. The number of aromatic nitrogens is 2. The summed E-state index contributed by atoms with van der Waals surface area (Å²) in [7, 11) is -2.26. The summed E-state index contributed by atoms with van der Waals surface area (Å²) >= 11 is 0. The highest BCUT2D eigenvalue weighted by Gasteiger charge is 2.41. The van der Waals surface area contributed by atoms with Crippen molar-refractivity contribution < 1.29 is 33.0 Å². The zero-order chi connectivity index (χ0) is 36.1. The zero-order valence-electron chi connectivity index (χ0n) is 31.0. The van der Waals surface area contributed by atoms with E-state index in [1.807, 2.05) is 86.1 Å². The number of nitrogens with zero attached hydrogens (tertiary/aromatic N) is 2. The van der Waals surface area contributed by atoms with Gasteiger partial charge in [-0.2, -0.15) is 5.10 Å². The normalized spacial score (nSPS) is 12.8. The summed E-state index contributed by atoms with van der Waals surface area (Å²) in [6, 6.07) is 19.7. The van der Waals surface area contributed by atoms with Crippen molar-refractivity contribution in [2.75, 3.05) is 19.8 Å². The van der Waals surface area contributed by atoms with Gasteiger partial charge in [-0.05, 0) is 87.6 Å². The molecular weight excluding hydrogens is 639 g/mol. The molecule has 3 aromatic rings. The van der Waals surface area contributed by atoms with Crippen LogP contribution in [0.25, 0.3) is 11.3 Å². The third-order valence-corrected chi connectivity index (χ3v) is 12.7. The van der Waals surface area contributed by atoms with Crippen LogP contribution in [0.15, 0.2) is 60.7 Å². The second-order valence-corrected chi connectivity index (χ2v) is 19.5. The summed E-state index contributed by atoms with van der Waals surface area (Å²) in [6.07, 6.45) is 1.17. The second kappa shape index (κ2) is 18.4. The molecule has 0 saturated heterocycles. The Kier molecular flexibility index (Phi) is 14.9. The van der Waals surface area contributed by atoms with Crippen LogP contribution in [0.3, 0.4) is 0 Å². The first-order valence-corrected chi connectivity index (χ1v) is 20.2. The summed E-state index contributed by atoms with van der Waals surface area (Å²) in [5, 5.41) is 7.63. The molecule has 1 heterocycles. The molecule has 2 aromatic carbocycles. The Morgan fingerprint density at radius 2 is 1.63 bits per heavy atom. The Bertz CT molecular complexity index is 1440. The second-order valence-electron chi connectivity index (χ2n) is 14.7. The largest absolute Gasteiger partial charge is 0.490 e. The number of aryl methyl sites for hydroxylation is 1. The van der Waals surface area contributed by atoms with Gasteiger partial charge in [0.2, 0.25) is 0 Å². The van der Waals surface area contributed by atoms with Gasteiger partial charge in [0.15, 0.2) is 14.4 Å². The van der Waals surface area contributed by atoms with Gasteiger partial charge < -0.3 is 28.7 Å². The first-order valence-electron chi connectivity index (χ1n) is 17.3. The number of esters is 1. The number of ether oxygens (including phenoxy) is 4. The lowest BCUT2D eigenvalue weighted by atomic mass is 10.1. The van der Waals surface area contributed by atoms with Crippen molar-refractivity contribution in [1.29, 1.82) is 0 Å². The lowest BCUT2D eigenvalue weighted by Crippen LogP contribution is -2.48. The number of nitrogens with one attached hydrogen (secondary N) is 1. The van der Waals surface area contributed by atoms with Crippen LogP contribution < -0.4 is 10.1 Å². The van der Waals surface area contributed by atoms with Gasteiger partial charge in [-0.25, -0.2) is 9.59 Å². The monoisotopic (exact) mass is 695 g/mol. The molecule has 1 atom stereocenters. The Hall–Kier alpha value is -3.67. The molecule has 1 aromatic heterocycles. The van der Waals surface area contributed by atoms with Crippen molar-refractivity contribution in [3.05, 3.63) is 71.9 Å². The van der Waals surface area contributed by atoms with Crippen molar-refractivity contribution in [3.63, 3.8) is 0 Å². The molecule has 11 heteroatoms. The van der Waals surface area contributed by atoms with E-state index in [4.69, 9.17) is 28.5 Å². The molecule has 0 radical (unpaired) electrons. The molecule has 0 aliphatic carbocycles. The topological polar surface area (TPSA) is 110 Å². The first kappa shape index (κ1) is 39.8. The van der Waals surface area contributed by atoms with Gasteiger partial charge in [0.25, 0.3) is 0 Å². The summed E-state index contributed by atoms with van der Waals surface area (Å²) in [4.78, 5) is 25.1. The number of unbranched alkanes of at least 4 members (excludes halogenated alkanes) is 1. The smallest absolute Gasteiger partial charge is 0.407 e. The van der Waals surface area contributed by atoms with E-state index in [9.17, 15) is 9.59 Å². The molecule has 1 N–H and O–H groups in total. The van der Waals surface area contributed by atoms with Gasteiger partial charge in [-0.15, -0.1) is 0 Å². The zero-order valence-corrected chi connectivity index (χ0v) is 32.0. The Morgan fingerprint density at radius 1 is 0.939 bits per heavy atom. The maximum atomic E-state index is 13.0. The number of hydrogen-bond acceptors (Lipinski definition) is 8. The average Bonchev–Trinajstić information content (AvgIpc) is 3.43. The molecular formula is C38H57N3O7Si. The lowest BCUT2D eigenvalue weighted by molar-refractivity contribution is -0.154. The number of carbonyl (C=O) groups is 2. The molecule has 270 valence electrons. The van der Waals surface area contributed by atoms with Crippen molar-refractivity contribution in [1.82, 2.24) is 15.1 Å². The summed E-state index contributed by atoms with van der Waals surface area (Å²) in [5.74, 6) is 0.233. The van der Waals surface area contributed by atoms with E-state index in [0.717, 1.165) is 35.4 Å². The molecule has 10 nitrogen and oxygen atoms in total. The van der Waals surface area contributed by atoms with Crippen molar-refractivity contribution in [2.24, 2.45) is 0 Å². The maximum Gasteiger partial charge on any atom is 0.407 e. The maximum absolute atomic E-state index is 13.0. The molecule has 3 rings (SSSR count). The summed E-state index contributed by atoms with van der Waals surface area (Å²) in [6.45, 7) is 20.6. The number of alkyl carbamates (subject to hydrolysis) is 1. The fourth-order valence-electron chi connectivity index (χ4n) is 4.47. The van der Waals surface area contributed by atoms with Gasteiger partial charge >= 0.3 is 12.1 Å². The molecule has 49 heavy (non-hydrogen) atoms. The molecule has 0 aliphatic heterocycles. The SMILES string of the molecule is CCCCOC(=O)C(COc1ccc(-c2cc(COCc3ccccc3)n(CCCNC(=O)OC(C)(C)C)n2)cc1)O[Si](C)(C)C(C)(C)C. The van der Waals surface area contributed by atoms with Crippen LogP contribution >= 0.6 is 0 Å². The summed E-state index contributed by atoms with van der Waals surface area (Å²) in [5.41, 5.74) is 3.18. The van der Waals surface area contributed by atoms with Crippen molar-refractivity contribution in [2.45, 2.75) is 117 Å². The lowest BCUT2D eigenvalue weighted by Gasteiger charge is -2.38. The van der Waals surface area contributed by atoms with E-state index in [1.54, 1.807) is 0 Å². The fraction of sp³-hybridized carbons (Fsp3) is 0.553. The van der Waals surface area contributed by atoms with E-state index < -0.39 is 26.1 Å². The molecule has 0 spiro atoms. The molecule has 0 saturated carbocycles. The Labute approximate surface area is 293 Å². The van der Waals surface area contributed by atoms with Crippen LogP contribution in [0, 0.1) is 0 Å². The van der Waals surface area contributed by atoms with Gasteiger partial charge in [0.1, 0.15) is 18.0 Å². The van der Waals surface area contributed by atoms with E-state index >= 15 is 0 Å². The number of amides is 1. The minimum absolute atomic E-state index is 0.0612. The van der Waals surface area contributed by atoms with Gasteiger partial charge in [-0.3, -0.25) is 4.68 Å². The van der Waals surface area contributed by atoms with Crippen LogP contribution in [0.2, 0.25) is 18.1 Å². The van der Waals surface area contributed by atoms with Gasteiger partial charge in [-0.1, -0.05) is 64.4 Å². The molecule has 0 aliphatic rings. The van der Waals surface area contributed by atoms with Crippen molar-refractivity contribution in [3.8, 4) is 17.0 Å². The van der Waals surface area contributed by atoms with Crippen LogP contribution in [0.4, 0.5) is 4.79 Å². The summed E-state index contributed by atoms with van der Waals surface area (Å²) < 4.78 is 31.4. The van der Waals surface area contributed by atoms with E-state index in [1.165, 1.54) is 0 Å². The molecule has 1 unspecified atom stereocenters. The highest BCUT2D eigenvalue weighted by atomic mass is 28.4. The number of carbonyl (C=O) groups excluding carboxylic acids is 2. The highest BCUT2D eigenvalue weighted by Crippen LogP contribution is 2.37. The highest BCUT2D eigenvalue weighted by molar-refractivity contribution is 6.74. The third kappa shape index (κ3) is 13.6. The number of rotatable bonds is 18. The van der Waals surface area contributed by atoms with E-state index in [2.05, 4.69) is 46.1 Å². The van der Waals surface area contributed by atoms with Crippen LogP contribution in [0.5, 0.6) is 5.75 Å². The van der Waals surface area contributed by atoms with Gasteiger partial charge in [0, 0.05) is 18.7 Å². The fourth-order valence-corrected chi connectivity index (χ4v) is 5.70. The first-order chi connectivity index (χ1) is 23.1.